The van der Waals surface area contributed by atoms with Gasteiger partial charge in [-0.15, -0.1) is 0 Å². The first-order valence-corrected chi connectivity index (χ1v) is 6.33. The number of nitro groups is 1. The average Bonchev–Trinajstić information content (AvgIpc) is 2.39. The van der Waals surface area contributed by atoms with E-state index in [4.69, 9.17) is 4.74 Å². The van der Waals surface area contributed by atoms with Gasteiger partial charge in [-0.2, -0.15) is 4.39 Å². The Kier molecular flexibility index (Phi) is 4.44. The highest BCUT2D eigenvalue weighted by molar-refractivity contribution is 5.36. The van der Waals surface area contributed by atoms with E-state index < -0.39 is 16.4 Å². The Morgan fingerprint density at radius 2 is 2.37 bits per heavy atom. The third kappa shape index (κ3) is 3.27. The van der Waals surface area contributed by atoms with E-state index in [1.807, 2.05) is 0 Å². The molecule has 1 aliphatic heterocycles. The number of nitro benzene ring substituents is 1. The lowest BCUT2D eigenvalue weighted by Gasteiger charge is -2.29. The minimum absolute atomic E-state index is 0.0208. The Labute approximate surface area is 110 Å². The fourth-order valence-electron chi connectivity index (χ4n) is 2.20. The number of hydrogen-bond donors (Lipinski definition) is 1. The van der Waals surface area contributed by atoms with Gasteiger partial charge in [0.1, 0.15) is 0 Å². The third-order valence-electron chi connectivity index (χ3n) is 3.46. The zero-order chi connectivity index (χ0) is 13.8. The summed E-state index contributed by atoms with van der Waals surface area (Å²) in [5.74, 6) is -0.396. The third-order valence-corrected chi connectivity index (χ3v) is 3.46. The maximum absolute atomic E-state index is 13.8. The molecule has 1 N–H and O–H groups in total. The number of halogens is 1. The Balaban J connectivity index is 2.03. The van der Waals surface area contributed by atoms with E-state index >= 15 is 0 Å². The lowest BCUT2D eigenvalue weighted by Crippen LogP contribution is -2.40. The van der Waals surface area contributed by atoms with Crippen LogP contribution in [0.1, 0.15) is 18.9 Å². The average molecular weight is 268 g/mol. The minimum Gasteiger partial charge on any atom is -0.372 e. The zero-order valence-electron chi connectivity index (χ0n) is 10.8. The van der Waals surface area contributed by atoms with Crippen molar-refractivity contribution in [3.63, 3.8) is 0 Å². The first-order valence-electron chi connectivity index (χ1n) is 6.33. The summed E-state index contributed by atoms with van der Waals surface area (Å²) in [5.41, 5.74) is -0.275. The first kappa shape index (κ1) is 13.9. The number of rotatable bonds is 4. The van der Waals surface area contributed by atoms with Crippen LogP contribution < -0.4 is 5.32 Å². The Hall–Kier alpha value is -1.53. The quantitative estimate of drug-likeness (QED) is 0.672. The van der Waals surface area contributed by atoms with E-state index in [1.165, 1.54) is 12.1 Å². The lowest BCUT2D eigenvalue weighted by molar-refractivity contribution is -0.387. The van der Waals surface area contributed by atoms with Gasteiger partial charge in [0.15, 0.2) is 0 Å². The SMILES string of the molecule is CC1CCNCC1OCc1cccc([N+](=O)[O-])c1F. The molecule has 1 aliphatic rings. The van der Waals surface area contributed by atoms with Gasteiger partial charge >= 0.3 is 5.69 Å². The molecule has 1 saturated heterocycles. The van der Waals surface area contributed by atoms with Crippen molar-refractivity contribution < 1.29 is 14.1 Å². The van der Waals surface area contributed by atoms with E-state index in [9.17, 15) is 14.5 Å². The summed E-state index contributed by atoms with van der Waals surface area (Å²) in [6.45, 7) is 3.85. The molecule has 19 heavy (non-hydrogen) atoms. The summed E-state index contributed by atoms with van der Waals surface area (Å²) in [7, 11) is 0. The van der Waals surface area contributed by atoms with Gasteiger partial charge in [-0.3, -0.25) is 10.1 Å². The predicted octanol–water partition coefficient (Wildman–Crippen LogP) is 2.25. The molecule has 5 nitrogen and oxygen atoms in total. The van der Waals surface area contributed by atoms with Crippen molar-refractivity contribution in [3.05, 3.63) is 39.7 Å². The fourth-order valence-corrected chi connectivity index (χ4v) is 2.20. The Morgan fingerprint density at radius 1 is 1.58 bits per heavy atom. The molecule has 2 rings (SSSR count). The topological polar surface area (TPSA) is 64.4 Å². The molecule has 1 fully saturated rings. The van der Waals surface area contributed by atoms with Crippen LogP contribution in [0, 0.1) is 21.8 Å². The van der Waals surface area contributed by atoms with Crippen molar-refractivity contribution in [1.82, 2.24) is 5.32 Å². The van der Waals surface area contributed by atoms with Gasteiger partial charge in [0.05, 0.1) is 17.6 Å². The largest absolute Gasteiger partial charge is 0.372 e. The molecular formula is C13H17FN2O3. The number of ether oxygens (including phenoxy) is 1. The number of benzene rings is 1. The molecule has 6 heteroatoms. The van der Waals surface area contributed by atoms with E-state index in [0.717, 1.165) is 25.6 Å². The maximum atomic E-state index is 13.8. The molecule has 0 bridgehead atoms. The first-order chi connectivity index (χ1) is 9.09. The molecule has 2 atom stereocenters. The van der Waals surface area contributed by atoms with Crippen LogP contribution in [0.4, 0.5) is 10.1 Å². The van der Waals surface area contributed by atoms with Crippen molar-refractivity contribution >= 4 is 5.69 Å². The molecule has 0 spiro atoms. The zero-order valence-corrected chi connectivity index (χ0v) is 10.8. The molecular weight excluding hydrogens is 251 g/mol. The predicted molar refractivity (Wildman–Crippen MR) is 68.3 cm³/mol. The van der Waals surface area contributed by atoms with Gasteiger partial charge in [-0.25, -0.2) is 0 Å². The number of nitrogens with zero attached hydrogens (tertiary/aromatic N) is 1. The van der Waals surface area contributed by atoms with Gasteiger partial charge in [-0.1, -0.05) is 19.1 Å². The summed E-state index contributed by atoms with van der Waals surface area (Å²) in [6.07, 6.45) is 1.04. The fraction of sp³-hybridized carbons (Fsp3) is 0.538. The second kappa shape index (κ2) is 6.08. The highest BCUT2D eigenvalue weighted by Gasteiger charge is 2.23. The molecule has 2 unspecified atom stereocenters. The summed E-state index contributed by atoms with van der Waals surface area (Å²) < 4.78 is 19.5. The molecule has 0 amide bonds. The van der Waals surface area contributed by atoms with Gasteiger partial charge < -0.3 is 10.1 Å². The Morgan fingerprint density at radius 3 is 3.05 bits per heavy atom. The van der Waals surface area contributed by atoms with Crippen LogP contribution >= 0.6 is 0 Å². The highest BCUT2D eigenvalue weighted by Crippen LogP contribution is 2.22. The van der Waals surface area contributed by atoms with Crippen LogP contribution in [0.5, 0.6) is 0 Å². The summed E-state index contributed by atoms with van der Waals surface area (Å²) in [5, 5.41) is 13.9. The monoisotopic (exact) mass is 268 g/mol. The van der Waals surface area contributed by atoms with Gasteiger partial charge in [0.2, 0.25) is 5.82 Å². The lowest BCUT2D eigenvalue weighted by atomic mass is 9.97. The molecule has 1 heterocycles. The van der Waals surface area contributed by atoms with Gasteiger partial charge in [0, 0.05) is 18.2 Å². The van der Waals surface area contributed by atoms with E-state index in [-0.39, 0.29) is 18.3 Å². The molecule has 0 saturated carbocycles. The standard InChI is InChI=1S/C13H17FN2O3/c1-9-5-6-15-7-12(9)19-8-10-3-2-4-11(13(10)14)16(17)18/h2-4,9,12,15H,5-8H2,1H3. The number of nitrogens with one attached hydrogen (secondary N) is 1. The molecule has 1 aromatic carbocycles. The second-order valence-corrected chi connectivity index (χ2v) is 4.83. The summed E-state index contributed by atoms with van der Waals surface area (Å²) in [4.78, 5) is 9.93. The normalized spacial score (nSPS) is 23.3. The molecule has 0 aliphatic carbocycles. The van der Waals surface area contributed by atoms with Crippen molar-refractivity contribution in [2.24, 2.45) is 5.92 Å². The number of piperidine rings is 1. The van der Waals surface area contributed by atoms with Crippen LogP contribution in [-0.4, -0.2) is 24.1 Å². The van der Waals surface area contributed by atoms with Crippen molar-refractivity contribution in [2.75, 3.05) is 13.1 Å². The van der Waals surface area contributed by atoms with E-state index in [1.54, 1.807) is 0 Å². The molecule has 104 valence electrons. The Bertz CT molecular complexity index is 467. The van der Waals surface area contributed by atoms with E-state index in [0.29, 0.717) is 5.92 Å². The molecule has 0 aromatic heterocycles. The maximum Gasteiger partial charge on any atom is 0.305 e. The van der Waals surface area contributed by atoms with E-state index in [2.05, 4.69) is 12.2 Å². The van der Waals surface area contributed by atoms with Crippen LogP contribution in [-0.2, 0) is 11.3 Å². The minimum atomic E-state index is -0.802. The van der Waals surface area contributed by atoms with Crippen LogP contribution in [0.3, 0.4) is 0 Å². The smallest absolute Gasteiger partial charge is 0.305 e. The van der Waals surface area contributed by atoms with Crippen LogP contribution in [0.2, 0.25) is 0 Å². The highest BCUT2D eigenvalue weighted by atomic mass is 19.1. The summed E-state index contributed by atoms with van der Waals surface area (Å²) in [6, 6.07) is 4.15. The van der Waals surface area contributed by atoms with Crippen LogP contribution in [0.15, 0.2) is 18.2 Å². The molecule has 0 radical (unpaired) electrons. The summed E-state index contributed by atoms with van der Waals surface area (Å²) >= 11 is 0. The molecule has 1 aromatic rings. The van der Waals surface area contributed by atoms with Gasteiger partial charge in [-0.05, 0) is 18.9 Å². The van der Waals surface area contributed by atoms with Crippen molar-refractivity contribution in [2.45, 2.75) is 26.1 Å². The van der Waals surface area contributed by atoms with Crippen molar-refractivity contribution in [3.8, 4) is 0 Å². The van der Waals surface area contributed by atoms with Crippen molar-refractivity contribution in [1.29, 1.82) is 0 Å². The number of hydrogen-bond acceptors (Lipinski definition) is 4. The second-order valence-electron chi connectivity index (χ2n) is 4.83. The van der Waals surface area contributed by atoms with Crippen LogP contribution in [0.25, 0.3) is 0 Å². The van der Waals surface area contributed by atoms with Gasteiger partial charge in [0.25, 0.3) is 0 Å².